The molecule has 0 saturated heterocycles. The Kier molecular flexibility index (Phi) is 7.20. The predicted molar refractivity (Wildman–Crippen MR) is 152 cm³/mol. The van der Waals surface area contributed by atoms with Gasteiger partial charge in [-0.15, -0.1) is 0 Å². The quantitative estimate of drug-likeness (QED) is 0.216. The standard InChI is InChI=1S/C33H33N2O4.ClH/c1-22-16-25-8-4-5-9-28(25)35(22)13-6-3-7-15-37-33-27-20-34-14-12-24-18-31-32(39-21-38-31)19-26(24)29(34)17-23(27)10-11-30(33)36-2;/h4-5,8-11,16-20H,3,6-7,12-15,21H2,1-2H3;1H/q+1;/p-1. The van der Waals surface area contributed by atoms with Gasteiger partial charge >= 0.3 is 0 Å². The first kappa shape index (κ1) is 26.3. The van der Waals surface area contributed by atoms with Crippen LogP contribution in [0.15, 0.2) is 66.9 Å². The van der Waals surface area contributed by atoms with Crippen molar-refractivity contribution in [1.82, 2.24) is 4.57 Å². The summed E-state index contributed by atoms with van der Waals surface area (Å²) in [7, 11) is 1.71. The van der Waals surface area contributed by atoms with Crippen molar-refractivity contribution in [3.8, 4) is 34.3 Å². The minimum absolute atomic E-state index is 0. The highest BCUT2D eigenvalue weighted by atomic mass is 35.5. The number of para-hydroxylation sites is 1. The normalized spacial score (nSPS) is 13.2. The minimum atomic E-state index is 0. The highest BCUT2D eigenvalue weighted by Gasteiger charge is 2.28. The van der Waals surface area contributed by atoms with Gasteiger partial charge in [-0.1, -0.05) is 18.2 Å². The van der Waals surface area contributed by atoms with Crippen molar-refractivity contribution in [2.45, 2.75) is 45.7 Å². The van der Waals surface area contributed by atoms with Gasteiger partial charge < -0.3 is 35.9 Å². The fourth-order valence-corrected chi connectivity index (χ4v) is 6.07. The zero-order valence-electron chi connectivity index (χ0n) is 22.9. The molecule has 4 heterocycles. The SMILES string of the molecule is COc1ccc2cc3[n+](cc2c1OCCCCCn1c(C)cc2ccccc21)CCc1cc2c(cc1-3)OCO2.[Cl-]. The lowest BCUT2D eigenvalue weighted by atomic mass is 9.95. The molecule has 0 radical (unpaired) electrons. The van der Waals surface area contributed by atoms with Gasteiger partial charge in [-0.2, -0.15) is 4.57 Å². The van der Waals surface area contributed by atoms with Crippen LogP contribution < -0.4 is 35.9 Å². The number of fused-ring (bicyclic) bond motifs is 6. The Morgan fingerprint density at radius 1 is 0.925 bits per heavy atom. The summed E-state index contributed by atoms with van der Waals surface area (Å²) in [5.74, 6) is 3.27. The molecule has 0 bridgehead atoms. The first-order valence-corrected chi connectivity index (χ1v) is 13.8. The number of pyridine rings is 1. The Labute approximate surface area is 240 Å². The largest absolute Gasteiger partial charge is 1.00 e. The molecule has 0 aliphatic carbocycles. The van der Waals surface area contributed by atoms with E-state index in [9.17, 15) is 0 Å². The first-order chi connectivity index (χ1) is 19.2. The van der Waals surface area contributed by atoms with E-state index in [-0.39, 0.29) is 12.4 Å². The van der Waals surface area contributed by atoms with Crippen molar-refractivity contribution in [1.29, 1.82) is 0 Å². The Morgan fingerprint density at radius 3 is 2.65 bits per heavy atom. The number of nitrogens with zero attached hydrogens (tertiary/aromatic N) is 2. The number of methoxy groups -OCH3 is 1. The molecule has 5 aromatic rings. The van der Waals surface area contributed by atoms with Crippen LogP contribution in [0.25, 0.3) is 32.9 Å². The summed E-state index contributed by atoms with van der Waals surface area (Å²) in [6.07, 6.45) is 6.39. The van der Waals surface area contributed by atoms with Gasteiger partial charge in [-0.05, 0) is 78.9 Å². The summed E-state index contributed by atoms with van der Waals surface area (Å²) in [6.45, 7) is 5.08. The van der Waals surface area contributed by atoms with Gasteiger partial charge in [-0.25, -0.2) is 0 Å². The molecule has 0 N–H and O–H groups in total. The zero-order chi connectivity index (χ0) is 26.3. The lowest BCUT2D eigenvalue weighted by Crippen LogP contribution is -3.00. The van der Waals surface area contributed by atoms with Gasteiger partial charge in [-0.3, -0.25) is 0 Å². The van der Waals surface area contributed by atoms with Crippen LogP contribution in [-0.2, 0) is 19.5 Å². The lowest BCUT2D eigenvalue weighted by molar-refractivity contribution is -0.686. The minimum Gasteiger partial charge on any atom is -1.00 e. The van der Waals surface area contributed by atoms with E-state index < -0.39 is 0 Å². The molecule has 0 unspecified atom stereocenters. The highest BCUT2D eigenvalue weighted by molar-refractivity contribution is 5.91. The molecule has 2 aromatic heterocycles. The van der Waals surface area contributed by atoms with Gasteiger partial charge in [0, 0.05) is 30.2 Å². The van der Waals surface area contributed by atoms with Crippen LogP contribution >= 0.6 is 0 Å². The third kappa shape index (κ3) is 4.60. The Bertz CT molecular complexity index is 1710. The predicted octanol–water partition coefficient (Wildman–Crippen LogP) is 3.60. The highest BCUT2D eigenvalue weighted by Crippen LogP contribution is 2.41. The monoisotopic (exact) mass is 556 g/mol. The first-order valence-electron chi connectivity index (χ1n) is 13.8. The summed E-state index contributed by atoms with van der Waals surface area (Å²) in [5.41, 5.74) is 6.33. The van der Waals surface area contributed by atoms with Crippen molar-refractivity contribution in [2.75, 3.05) is 20.5 Å². The number of hydrogen-bond donors (Lipinski definition) is 0. The van der Waals surface area contributed by atoms with Crippen molar-refractivity contribution < 1.29 is 35.9 Å². The Balaban J connectivity index is 0.00000289. The molecule has 7 rings (SSSR count). The molecule has 40 heavy (non-hydrogen) atoms. The van der Waals surface area contributed by atoms with Crippen molar-refractivity contribution in [3.63, 3.8) is 0 Å². The van der Waals surface area contributed by atoms with Crippen LogP contribution in [0.5, 0.6) is 23.0 Å². The maximum atomic E-state index is 6.41. The van der Waals surface area contributed by atoms with Crippen LogP contribution in [0.2, 0.25) is 0 Å². The van der Waals surface area contributed by atoms with Crippen molar-refractivity contribution >= 4 is 21.7 Å². The van der Waals surface area contributed by atoms with E-state index in [2.05, 4.69) is 76.9 Å². The number of unbranched alkanes of at least 4 members (excludes halogenated alkanes) is 2. The molecule has 0 spiro atoms. The molecule has 0 fully saturated rings. The van der Waals surface area contributed by atoms with Crippen LogP contribution in [0.3, 0.4) is 0 Å². The Morgan fingerprint density at radius 2 is 1.77 bits per heavy atom. The average Bonchev–Trinajstić information content (AvgIpc) is 3.55. The third-order valence-electron chi connectivity index (χ3n) is 8.09. The van der Waals surface area contributed by atoms with E-state index in [0.717, 1.165) is 72.5 Å². The van der Waals surface area contributed by atoms with E-state index in [1.807, 2.05) is 6.07 Å². The molecular formula is C33H33ClN2O4. The number of ether oxygens (including phenoxy) is 4. The fraction of sp³-hybridized carbons (Fsp3) is 0.303. The maximum absolute atomic E-state index is 6.41. The fourth-order valence-electron chi connectivity index (χ4n) is 6.07. The van der Waals surface area contributed by atoms with Crippen molar-refractivity contribution in [2.24, 2.45) is 0 Å². The van der Waals surface area contributed by atoms with Gasteiger partial charge in [0.2, 0.25) is 12.5 Å². The van der Waals surface area contributed by atoms with Gasteiger partial charge in [0.1, 0.15) is 0 Å². The average molecular weight is 557 g/mol. The summed E-state index contributed by atoms with van der Waals surface area (Å²) >= 11 is 0. The molecule has 0 saturated carbocycles. The number of halogens is 1. The lowest BCUT2D eigenvalue weighted by Gasteiger charge is -2.18. The van der Waals surface area contributed by atoms with E-state index in [1.165, 1.54) is 33.4 Å². The third-order valence-corrected chi connectivity index (χ3v) is 8.09. The van der Waals surface area contributed by atoms with Crippen LogP contribution in [-0.4, -0.2) is 25.1 Å². The number of aromatic nitrogens is 2. The topological polar surface area (TPSA) is 45.7 Å². The number of benzene rings is 3. The van der Waals surface area contributed by atoms with E-state index in [0.29, 0.717) is 13.4 Å². The second-order valence-corrected chi connectivity index (χ2v) is 10.5. The van der Waals surface area contributed by atoms with Gasteiger partial charge in [0.25, 0.3) is 0 Å². The van der Waals surface area contributed by atoms with Crippen molar-refractivity contribution in [3.05, 3.63) is 78.1 Å². The Hall–Kier alpha value is -3.90. The molecule has 2 aliphatic heterocycles. The summed E-state index contributed by atoms with van der Waals surface area (Å²) < 4.78 is 28.1. The van der Waals surface area contributed by atoms with E-state index >= 15 is 0 Å². The molecule has 3 aromatic carbocycles. The van der Waals surface area contributed by atoms with Crippen LogP contribution in [0.4, 0.5) is 0 Å². The molecule has 7 heteroatoms. The van der Waals surface area contributed by atoms with E-state index in [1.54, 1.807) is 7.11 Å². The summed E-state index contributed by atoms with van der Waals surface area (Å²) in [4.78, 5) is 0. The molecule has 0 amide bonds. The van der Waals surface area contributed by atoms with Crippen LogP contribution in [0.1, 0.15) is 30.5 Å². The number of rotatable bonds is 8. The molecular weight excluding hydrogens is 524 g/mol. The number of aryl methyl sites for hydroxylation is 4. The number of hydrogen-bond acceptors (Lipinski definition) is 4. The second kappa shape index (κ2) is 10.9. The van der Waals surface area contributed by atoms with Crippen LogP contribution in [0, 0.1) is 6.92 Å². The zero-order valence-corrected chi connectivity index (χ0v) is 23.7. The van der Waals surface area contributed by atoms with Gasteiger partial charge in [0.15, 0.2) is 35.7 Å². The molecule has 6 nitrogen and oxygen atoms in total. The maximum Gasteiger partial charge on any atom is 0.231 e. The summed E-state index contributed by atoms with van der Waals surface area (Å²) in [6, 6.07) is 21.5. The molecule has 206 valence electrons. The second-order valence-electron chi connectivity index (χ2n) is 10.5. The van der Waals surface area contributed by atoms with Gasteiger partial charge in [0.05, 0.1) is 24.7 Å². The smallest absolute Gasteiger partial charge is 0.231 e. The molecule has 2 aliphatic rings. The van der Waals surface area contributed by atoms with E-state index in [4.69, 9.17) is 18.9 Å². The molecule has 0 atom stereocenters. The summed E-state index contributed by atoms with van der Waals surface area (Å²) in [5, 5.41) is 3.53.